The molecule has 0 aliphatic carbocycles. The Kier molecular flexibility index (Phi) is 6.72. The maximum atomic E-state index is 13.6. The molecule has 3 heterocycles. The van der Waals surface area contributed by atoms with Gasteiger partial charge in [0.25, 0.3) is 0 Å². The summed E-state index contributed by atoms with van der Waals surface area (Å²) >= 11 is 0. The number of piperidine rings is 3. The Balaban J connectivity index is 1.30. The molecule has 3 aromatic rings. The van der Waals surface area contributed by atoms with E-state index in [-0.39, 0.29) is 11.9 Å². The van der Waals surface area contributed by atoms with Crippen LogP contribution in [0.4, 0.5) is 4.39 Å². The van der Waals surface area contributed by atoms with Crippen molar-refractivity contribution in [3.63, 3.8) is 0 Å². The summed E-state index contributed by atoms with van der Waals surface area (Å²) in [5.41, 5.74) is 0.332. The van der Waals surface area contributed by atoms with Gasteiger partial charge in [-0.1, -0.05) is 72.8 Å². The lowest BCUT2D eigenvalue weighted by atomic mass is 9.82. The summed E-state index contributed by atoms with van der Waals surface area (Å²) in [7, 11) is 0. The number of halogens is 1. The molecule has 5 heteroatoms. The predicted octanol–water partition coefficient (Wildman–Crippen LogP) is 4.85. The number of nitrogens with zero attached hydrogens (tertiary/aromatic N) is 1. The van der Waals surface area contributed by atoms with E-state index in [0.717, 1.165) is 61.9 Å². The van der Waals surface area contributed by atoms with E-state index in [1.54, 1.807) is 24.3 Å². The SMILES string of the molecule is O=C(OC1C[N+]2(CCCc3ccc(F)cc3)CCC1CC2)C(O)(c1ccccc1)c1ccccc1. The Morgan fingerprint density at radius 1 is 0.914 bits per heavy atom. The van der Waals surface area contributed by atoms with Crippen LogP contribution in [0, 0.1) is 11.7 Å². The van der Waals surface area contributed by atoms with Gasteiger partial charge in [0.1, 0.15) is 12.4 Å². The van der Waals surface area contributed by atoms with Crippen LogP contribution in [0.3, 0.4) is 0 Å². The summed E-state index contributed by atoms with van der Waals surface area (Å²) in [4.78, 5) is 13.6. The van der Waals surface area contributed by atoms with E-state index in [0.29, 0.717) is 17.0 Å². The molecule has 182 valence electrons. The number of hydrogen-bond donors (Lipinski definition) is 1. The number of carbonyl (C=O) groups is 1. The zero-order valence-corrected chi connectivity index (χ0v) is 20.0. The Bertz CT molecular complexity index is 1090. The first-order valence-electron chi connectivity index (χ1n) is 12.6. The first kappa shape index (κ1) is 23.7. The maximum absolute atomic E-state index is 13.6. The van der Waals surface area contributed by atoms with E-state index in [2.05, 4.69) is 0 Å². The lowest BCUT2D eigenvalue weighted by Gasteiger charge is -2.52. The number of rotatable bonds is 8. The van der Waals surface area contributed by atoms with Crippen LogP contribution >= 0.6 is 0 Å². The van der Waals surface area contributed by atoms with Crippen LogP contribution in [0.2, 0.25) is 0 Å². The second-order valence-electron chi connectivity index (χ2n) is 10.1. The molecular formula is C30H33FNO3+. The topological polar surface area (TPSA) is 46.5 Å². The Labute approximate surface area is 206 Å². The standard InChI is InChI=1S/C30H33FNO3/c31-27-15-13-23(14-16-27)8-7-19-32-20-17-24(18-21-32)28(22-32)35-29(33)30(34,25-9-3-1-4-10-25)26-11-5-2-6-12-26/h1-6,9-16,24,28,34H,7-8,17-22H2/q+1. The average Bonchev–Trinajstić information content (AvgIpc) is 2.91. The van der Waals surface area contributed by atoms with Crippen LogP contribution in [0.25, 0.3) is 0 Å². The van der Waals surface area contributed by atoms with Crippen molar-refractivity contribution in [2.75, 3.05) is 26.2 Å². The first-order chi connectivity index (χ1) is 17.0. The zero-order chi connectivity index (χ0) is 24.3. The second kappa shape index (κ2) is 9.92. The van der Waals surface area contributed by atoms with Crippen LogP contribution in [0.1, 0.15) is 36.0 Å². The summed E-state index contributed by atoms with van der Waals surface area (Å²) < 4.78 is 20.3. The van der Waals surface area contributed by atoms with Crippen LogP contribution in [-0.2, 0) is 21.6 Å². The van der Waals surface area contributed by atoms with Gasteiger partial charge in [-0.25, -0.2) is 9.18 Å². The molecule has 3 aliphatic rings. The van der Waals surface area contributed by atoms with E-state index < -0.39 is 11.6 Å². The lowest BCUT2D eigenvalue weighted by molar-refractivity contribution is -0.946. The summed E-state index contributed by atoms with van der Waals surface area (Å²) in [5.74, 6) is -0.464. The van der Waals surface area contributed by atoms with Crippen LogP contribution in [0.15, 0.2) is 84.9 Å². The van der Waals surface area contributed by atoms with E-state index in [4.69, 9.17) is 4.74 Å². The largest absolute Gasteiger partial charge is 0.453 e. The molecule has 1 N–H and O–H groups in total. The minimum absolute atomic E-state index is 0.199. The van der Waals surface area contributed by atoms with Gasteiger partial charge in [0.15, 0.2) is 6.10 Å². The van der Waals surface area contributed by atoms with E-state index in [1.807, 2.05) is 48.5 Å². The van der Waals surface area contributed by atoms with Crippen molar-refractivity contribution in [3.8, 4) is 0 Å². The first-order valence-corrected chi connectivity index (χ1v) is 12.6. The fourth-order valence-electron chi connectivity index (χ4n) is 5.92. The molecule has 0 radical (unpaired) electrons. The van der Waals surface area contributed by atoms with Crippen LogP contribution in [0.5, 0.6) is 0 Å². The number of esters is 1. The number of fused-ring (bicyclic) bond motifs is 3. The lowest BCUT2D eigenvalue weighted by Crippen LogP contribution is -2.65. The molecular weight excluding hydrogens is 441 g/mol. The normalized spacial score (nSPS) is 23.7. The Morgan fingerprint density at radius 2 is 1.49 bits per heavy atom. The van der Waals surface area contributed by atoms with Crippen molar-refractivity contribution in [1.82, 2.24) is 0 Å². The molecule has 0 saturated carbocycles. The smallest absolute Gasteiger partial charge is 0.348 e. The van der Waals surface area contributed by atoms with Crippen LogP contribution in [-0.4, -0.2) is 47.8 Å². The molecule has 35 heavy (non-hydrogen) atoms. The van der Waals surface area contributed by atoms with Crippen molar-refractivity contribution < 1.29 is 23.5 Å². The monoisotopic (exact) mass is 474 g/mol. The molecule has 0 amide bonds. The highest BCUT2D eigenvalue weighted by Crippen LogP contribution is 2.38. The van der Waals surface area contributed by atoms with Gasteiger partial charge in [-0.2, -0.15) is 0 Å². The van der Waals surface area contributed by atoms with Crippen LogP contribution < -0.4 is 0 Å². The molecule has 6 rings (SSSR count). The van der Waals surface area contributed by atoms with Gasteiger partial charge >= 0.3 is 5.97 Å². The molecule has 2 bridgehead atoms. The quantitative estimate of drug-likeness (QED) is 0.375. The van der Waals surface area contributed by atoms with E-state index >= 15 is 0 Å². The van der Waals surface area contributed by atoms with Crippen molar-refractivity contribution in [1.29, 1.82) is 0 Å². The number of benzene rings is 3. The van der Waals surface area contributed by atoms with Gasteiger partial charge in [-0.3, -0.25) is 0 Å². The highest BCUT2D eigenvalue weighted by atomic mass is 19.1. The molecule has 3 saturated heterocycles. The summed E-state index contributed by atoms with van der Waals surface area (Å²) in [6, 6.07) is 24.9. The van der Waals surface area contributed by atoms with Gasteiger partial charge in [0.05, 0.1) is 19.6 Å². The van der Waals surface area contributed by atoms with Crippen molar-refractivity contribution in [3.05, 3.63) is 107 Å². The van der Waals surface area contributed by atoms with Crippen molar-refractivity contribution >= 4 is 5.97 Å². The highest BCUT2D eigenvalue weighted by molar-refractivity contribution is 5.85. The Morgan fingerprint density at radius 3 is 2.06 bits per heavy atom. The van der Waals surface area contributed by atoms with Gasteiger partial charge in [-0.05, 0) is 35.2 Å². The minimum Gasteiger partial charge on any atom is -0.453 e. The fourth-order valence-corrected chi connectivity index (χ4v) is 5.92. The van der Waals surface area contributed by atoms with Gasteiger partial charge in [0.2, 0.25) is 5.60 Å². The van der Waals surface area contributed by atoms with Gasteiger partial charge < -0.3 is 14.3 Å². The van der Waals surface area contributed by atoms with E-state index in [1.165, 1.54) is 12.1 Å². The number of aliphatic hydroxyl groups is 1. The fraction of sp³-hybridized carbons (Fsp3) is 0.367. The maximum Gasteiger partial charge on any atom is 0.348 e. The summed E-state index contributed by atoms with van der Waals surface area (Å²) in [6.07, 6.45) is 3.78. The summed E-state index contributed by atoms with van der Waals surface area (Å²) in [5, 5.41) is 11.8. The molecule has 4 nitrogen and oxygen atoms in total. The van der Waals surface area contributed by atoms with Crippen molar-refractivity contribution in [2.24, 2.45) is 5.92 Å². The molecule has 3 aliphatic heterocycles. The average molecular weight is 475 g/mol. The predicted molar refractivity (Wildman–Crippen MR) is 133 cm³/mol. The molecule has 3 aromatic carbocycles. The van der Waals surface area contributed by atoms with Gasteiger partial charge in [-0.15, -0.1) is 0 Å². The zero-order valence-electron chi connectivity index (χ0n) is 20.0. The van der Waals surface area contributed by atoms with Crippen molar-refractivity contribution in [2.45, 2.75) is 37.4 Å². The highest BCUT2D eigenvalue weighted by Gasteiger charge is 2.50. The number of carbonyl (C=O) groups excluding carboxylic acids is 1. The molecule has 1 unspecified atom stereocenters. The van der Waals surface area contributed by atoms with Gasteiger partial charge in [0, 0.05) is 25.2 Å². The molecule has 0 spiro atoms. The summed E-state index contributed by atoms with van der Waals surface area (Å²) in [6.45, 7) is 4.01. The third-order valence-corrected chi connectivity index (χ3v) is 7.99. The molecule has 1 atom stereocenters. The Hall–Kier alpha value is -3.02. The number of hydrogen-bond acceptors (Lipinski definition) is 3. The second-order valence-corrected chi connectivity index (χ2v) is 10.1. The number of aryl methyl sites for hydroxylation is 1. The third kappa shape index (κ3) is 4.89. The number of ether oxygens (including phenoxy) is 1. The third-order valence-electron chi connectivity index (χ3n) is 7.99. The molecule has 3 fully saturated rings. The van der Waals surface area contributed by atoms with E-state index in [9.17, 15) is 14.3 Å². The molecule has 0 aromatic heterocycles. The number of quaternary nitrogens is 1. The minimum atomic E-state index is -1.85.